The van der Waals surface area contributed by atoms with Crippen molar-refractivity contribution in [3.05, 3.63) is 6.33 Å². The van der Waals surface area contributed by atoms with E-state index in [0.29, 0.717) is 0 Å². The molecule has 0 aliphatic heterocycles. The molecule has 29 valence electrons. The summed E-state index contributed by atoms with van der Waals surface area (Å²) < 4.78 is 0. The molecule has 0 atom stereocenters. The van der Waals surface area contributed by atoms with Crippen molar-refractivity contribution in [3.8, 4) is 0 Å². The number of hydrogen-bond donors (Lipinski definition) is 0. The van der Waals surface area contributed by atoms with Crippen molar-refractivity contribution in [2.75, 3.05) is 0 Å². The van der Waals surface area contributed by atoms with Crippen LogP contribution < -0.4 is 5.21 Å². The Labute approximate surface area is 59.6 Å². The summed E-state index contributed by atoms with van der Waals surface area (Å²) in [5.41, 5.74) is 0. The SMILES string of the molecule is [Y].c1nn[n-]n1. The number of rotatable bonds is 0. The van der Waals surface area contributed by atoms with E-state index < -0.39 is 0 Å². The molecule has 1 aromatic heterocycles. The van der Waals surface area contributed by atoms with Gasteiger partial charge in [-0.3, -0.25) is 15.5 Å². The van der Waals surface area contributed by atoms with Crippen LogP contribution in [0.1, 0.15) is 0 Å². The van der Waals surface area contributed by atoms with Gasteiger partial charge in [0, 0.05) is 39.0 Å². The van der Waals surface area contributed by atoms with E-state index >= 15 is 0 Å². The molecule has 0 spiro atoms. The zero-order valence-electron chi connectivity index (χ0n) is 2.94. The van der Waals surface area contributed by atoms with E-state index in [4.69, 9.17) is 0 Å². The molecular weight excluding hydrogens is 157 g/mol. The van der Waals surface area contributed by atoms with Crippen molar-refractivity contribution in [1.82, 2.24) is 20.6 Å². The summed E-state index contributed by atoms with van der Waals surface area (Å²) in [6.45, 7) is 0. The molecule has 1 rings (SSSR count). The average Bonchev–Trinajstić information content (AvgIpc) is 1.76. The summed E-state index contributed by atoms with van der Waals surface area (Å²) in [7, 11) is 0. The Morgan fingerprint density at radius 2 is 2.33 bits per heavy atom. The zero-order chi connectivity index (χ0) is 3.54. The Kier molecular flexibility index (Phi) is 3.46. The number of nitrogens with zero attached hydrogens (tertiary/aromatic N) is 4. The number of tetrazole rings is 1. The van der Waals surface area contributed by atoms with E-state index in [1.54, 1.807) is 0 Å². The first-order chi connectivity index (χ1) is 2.50. The van der Waals surface area contributed by atoms with Crippen LogP contribution in [0, 0.1) is 0 Å². The van der Waals surface area contributed by atoms with Crippen molar-refractivity contribution in [2.24, 2.45) is 0 Å². The van der Waals surface area contributed by atoms with E-state index in [-0.39, 0.29) is 32.7 Å². The molecule has 4 nitrogen and oxygen atoms in total. The molecule has 0 bridgehead atoms. The van der Waals surface area contributed by atoms with Crippen LogP contribution in [0.25, 0.3) is 0 Å². The van der Waals surface area contributed by atoms with Gasteiger partial charge in [0.1, 0.15) is 0 Å². The third-order valence-electron chi connectivity index (χ3n) is 0.247. The van der Waals surface area contributed by atoms with E-state index in [1.165, 1.54) is 6.33 Å². The predicted molar refractivity (Wildman–Crippen MR) is 13.1 cm³/mol. The molecule has 6 heavy (non-hydrogen) atoms. The second kappa shape index (κ2) is 3.37. The molecule has 0 N–H and O–H groups in total. The third-order valence-corrected chi connectivity index (χ3v) is 0.247. The van der Waals surface area contributed by atoms with Gasteiger partial charge in [0.2, 0.25) is 0 Å². The predicted octanol–water partition coefficient (Wildman–Crippen LogP) is -1.17. The van der Waals surface area contributed by atoms with Crippen molar-refractivity contribution < 1.29 is 32.7 Å². The standard InChI is InChI=1S/CHN4.Y/c1-2-4-5-3-1;/h1H;/q-1;. The Morgan fingerprint density at radius 1 is 1.50 bits per heavy atom. The van der Waals surface area contributed by atoms with Crippen LogP contribution in [-0.4, -0.2) is 15.4 Å². The van der Waals surface area contributed by atoms with E-state index in [2.05, 4.69) is 20.6 Å². The van der Waals surface area contributed by atoms with Gasteiger partial charge in [0.05, 0.1) is 0 Å². The Bertz CT molecular complexity index is 64.0. The van der Waals surface area contributed by atoms with Gasteiger partial charge in [-0.2, -0.15) is 0 Å². The molecule has 0 aliphatic rings. The fourth-order valence-corrected chi connectivity index (χ4v) is 0.115. The maximum atomic E-state index is 3.25. The molecule has 0 saturated carbocycles. The van der Waals surface area contributed by atoms with Gasteiger partial charge < -0.3 is 5.10 Å². The van der Waals surface area contributed by atoms with Gasteiger partial charge >= 0.3 is 0 Å². The minimum Gasteiger partial charge on any atom is -0.338 e. The fourth-order valence-electron chi connectivity index (χ4n) is 0.115. The van der Waals surface area contributed by atoms with Crippen LogP contribution in [0.5, 0.6) is 0 Å². The average molecular weight is 158 g/mol. The van der Waals surface area contributed by atoms with Crippen molar-refractivity contribution in [1.29, 1.82) is 0 Å². The summed E-state index contributed by atoms with van der Waals surface area (Å²) in [6, 6.07) is 0. The molecule has 0 saturated heterocycles. The Balaban J connectivity index is 0.000000250. The smallest absolute Gasteiger partial charge is 0.0283 e. The summed E-state index contributed by atoms with van der Waals surface area (Å²) in [6.07, 6.45) is 1.28. The van der Waals surface area contributed by atoms with Crippen molar-refractivity contribution in [2.45, 2.75) is 0 Å². The summed E-state index contributed by atoms with van der Waals surface area (Å²) in [5.74, 6) is 0. The molecule has 0 aromatic carbocycles. The first-order valence-corrected chi connectivity index (χ1v) is 1.12. The van der Waals surface area contributed by atoms with Gasteiger partial charge in [-0.15, -0.1) is 0 Å². The molecule has 0 amide bonds. The topological polar surface area (TPSA) is 52.8 Å². The molecular formula is CHN4Y-. The van der Waals surface area contributed by atoms with E-state index in [9.17, 15) is 0 Å². The van der Waals surface area contributed by atoms with Gasteiger partial charge in [0.25, 0.3) is 0 Å². The van der Waals surface area contributed by atoms with Gasteiger partial charge in [-0.1, -0.05) is 0 Å². The van der Waals surface area contributed by atoms with Crippen molar-refractivity contribution >= 4 is 0 Å². The number of aromatic nitrogens is 4. The first kappa shape index (κ1) is 6.17. The van der Waals surface area contributed by atoms with Gasteiger partial charge in [-0.25, -0.2) is 0 Å². The summed E-state index contributed by atoms with van der Waals surface area (Å²) in [5, 5.41) is 12.7. The monoisotopic (exact) mass is 158 g/mol. The normalized spacial score (nSPS) is 6.67. The summed E-state index contributed by atoms with van der Waals surface area (Å²) in [4.78, 5) is 0. The molecule has 1 radical (unpaired) electrons. The molecule has 1 aromatic rings. The Morgan fingerprint density at radius 3 is 2.50 bits per heavy atom. The Hall–Kier alpha value is 0.174. The third kappa shape index (κ3) is 1.57. The largest absolute Gasteiger partial charge is 0.338 e. The minimum absolute atomic E-state index is 0. The number of hydrogen-bond acceptors (Lipinski definition) is 3. The maximum Gasteiger partial charge on any atom is 0.0283 e. The quantitative estimate of drug-likeness (QED) is 0.477. The molecule has 1 heterocycles. The van der Waals surface area contributed by atoms with Crippen LogP contribution in [0.15, 0.2) is 6.33 Å². The molecule has 0 aliphatic carbocycles. The molecule has 0 unspecified atom stereocenters. The second-order valence-corrected chi connectivity index (χ2v) is 0.525. The van der Waals surface area contributed by atoms with Crippen LogP contribution in [-0.2, 0) is 32.7 Å². The maximum absolute atomic E-state index is 3.25. The van der Waals surface area contributed by atoms with Crippen LogP contribution >= 0.6 is 0 Å². The summed E-state index contributed by atoms with van der Waals surface area (Å²) >= 11 is 0. The molecule has 0 fully saturated rings. The molecule has 5 heteroatoms. The minimum atomic E-state index is 0. The van der Waals surface area contributed by atoms with Gasteiger partial charge in [-0.05, 0) is 0 Å². The van der Waals surface area contributed by atoms with Crippen LogP contribution in [0.4, 0.5) is 0 Å². The van der Waals surface area contributed by atoms with Gasteiger partial charge in [0.15, 0.2) is 0 Å². The first-order valence-electron chi connectivity index (χ1n) is 1.12. The fraction of sp³-hybridized carbons (Fsp3) is 0. The van der Waals surface area contributed by atoms with Crippen molar-refractivity contribution in [3.63, 3.8) is 0 Å². The zero-order valence-corrected chi connectivity index (χ0v) is 5.78. The van der Waals surface area contributed by atoms with E-state index in [0.717, 1.165) is 0 Å². The van der Waals surface area contributed by atoms with Crippen LogP contribution in [0.2, 0.25) is 0 Å². The van der Waals surface area contributed by atoms with Crippen LogP contribution in [0.3, 0.4) is 0 Å². The second-order valence-electron chi connectivity index (χ2n) is 0.525. The van der Waals surface area contributed by atoms with E-state index in [1.807, 2.05) is 0 Å².